The summed E-state index contributed by atoms with van der Waals surface area (Å²) in [4.78, 5) is 52.4. The minimum Gasteiger partial charge on any atom is -0.480 e. The lowest BCUT2D eigenvalue weighted by molar-refractivity contribution is -0.144. The van der Waals surface area contributed by atoms with E-state index in [1.807, 2.05) is 12.1 Å². The minimum atomic E-state index is -1.36. The molecule has 2 aromatic rings. The Morgan fingerprint density at radius 1 is 0.895 bits per heavy atom. The zero-order chi connectivity index (χ0) is 27.9. The van der Waals surface area contributed by atoms with Crippen LogP contribution in [0.4, 0.5) is 9.59 Å². The molecular weight excluding hydrogens is 490 g/mol. The minimum absolute atomic E-state index is 0.0523. The second-order valence-electron chi connectivity index (χ2n) is 8.96. The molecule has 0 bridgehead atoms. The highest BCUT2D eigenvalue weighted by Crippen LogP contribution is 2.17. The van der Waals surface area contributed by atoms with Gasteiger partial charge in [-0.2, -0.15) is 4.90 Å². The van der Waals surface area contributed by atoms with Crippen molar-refractivity contribution in [2.24, 2.45) is 11.7 Å². The van der Waals surface area contributed by atoms with Crippen LogP contribution in [-0.4, -0.2) is 52.7 Å². The molecule has 0 fully saturated rings. The average molecular weight is 528 g/mol. The van der Waals surface area contributed by atoms with Crippen LogP contribution in [0.2, 0.25) is 0 Å². The molecule has 0 heterocycles. The Labute approximate surface area is 223 Å². The first-order chi connectivity index (χ1) is 18.3. The van der Waals surface area contributed by atoms with Gasteiger partial charge in [-0.1, -0.05) is 80.9 Å². The smallest absolute Gasteiger partial charge is 0.420 e. The number of aliphatic carboxylic acids is 1. The summed E-state index contributed by atoms with van der Waals surface area (Å²) in [6, 6.07) is 15.2. The maximum atomic E-state index is 13.4. The molecule has 0 spiro atoms. The molecule has 0 saturated heterocycles. The fourth-order valence-electron chi connectivity index (χ4n) is 3.70. The Hall–Kier alpha value is -3.92. The van der Waals surface area contributed by atoms with Gasteiger partial charge in [0, 0.05) is 0 Å². The summed E-state index contributed by atoms with van der Waals surface area (Å²) in [6.45, 7) is 3.58. The molecule has 10 nitrogen and oxygen atoms in total. The second-order valence-corrected chi connectivity index (χ2v) is 8.96. The number of carbonyl (C=O) groups is 4. The maximum absolute atomic E-state index is 13.4. The van der Waals surface area contributed by atoms with Gasteiger partial charge in [-0.25, -0.2) is 14.4 Å². The summed E-state index contributed by atoms with van der Waals surface area (Å²) < 4.78 is 10.8. The first kappa shape index (κ1) is 30.3. The lowest BCUT2D eigenvalue weighted by Crippen LogP contribution is -2.56. The Morgan fingerprint density at radius 2 is 1.39 bits per heavy atom. The van der Waals surface area contributed by atoms with Crippen molar-refractivity contribution in [3.05, 3.63) is 71.8 Å². The third kappa shape index (κ3) is 9.51. The van der Waals surface area contributed by atoms with Crippen LogP contribution in [0, 0.1) is 5.92 Å². The number of unbranched alkanes of at least 4 members (excludes halogenated alkanes) is 1. The van der Waals surface area contributed by atoms with Crippen LogP contribution in [0.5, 0.6) is 0 Å². The molecule has 206 valence electrons. The molecule has 0 aromatic heterocycles. The van der Waals surface area contributed by atoms with E-state index in [9.17, 15) is 24.3 Å². The first-order valence-electron chi connectivity index (χ1n) is 12.7. The van der Waals surface area contributed by atoms with E-state index in [1.165, 1.54) is 0 Å². The summed E-state index contributed by atoms with van der Waals surface area (Å²) in [5.74, 6) is -2.38. The van der Waals surface area contributed by atoms with Crippen LogP contribution in [0.15, 0.2) is 60.7 Å². The lowest BCUT2D eigenvalue weighted by atomic mass is 9.98. The number of hydrogen-bond donors (Lipinski definition) is 3. The fraction of sp³-hybridized carbons (Fsp3) is 0.429. The molecule has 2 aromatic carbocycles. The van der Waals surface area contributed by atoms with Crippen molar-refractivity contribution >= 4 is 24.1 Å². The normalized spacial score (nSPS) is 13.0. The lowest BCUT2D eigenvalue weighted by Gasteiger charge is -2.30. The fourth-order valence-corrected chi connectivity index (χ4v) is 3.70. The highest BCUT2D eigenvalue weighted by molar-refractivity contribution is 5.96. The van der Waals surface area contributed by atoms with E-state index in [2.05, 4.69) is 5.32 Å². The maximum Gasteiger partial charge on any atom is 0.420 e. The number of carboxylic acids is 1. The largest absolute Gasteiger partial charge is 0.480 e. The van der Waals surface area contributed by atoms with Gasteiger partial charge in [-0.15, -0.1) is 0 Å². The molecule has 0 aliphatic heterocycles. The Bertz CT molecular complexity index is 978. The van der Waals surface area contributed by atoms with E-state index < -0.39 is 36.1 Å². The number of nitrogens with zero attached hydrogens (tertiary/aromatic N) is 1. The van der Waals surface area contributed by atoms with Gasteiger partial charge in [0.1, 0.15) is 25.3 Å². The monoisotopic (exact) mass is 527 g/mol. The van der Waals surface area contributed by atoms with Crippen LogP contribution in [0.25, 0.3) is 0 Å². The van der Waals surface area contributed by atoms with E-state index in [0.717, 1.165) is 0 Å². The van der Waals surface area contributed by atoms with Crippen molar-refractivity contribution in [3.63, 3.8) is 0 Å². The van der Waals surface area contributed by atoms with Crippen molar-refractivity contribution in [1.82, 2.24) is 10.2 Å². The second kappa shape index (κ2) is 16.0. The number of carboxylic acid groups (broad SMARTS) is 1. The third-order valence-electron chi connectivity index (χ3n) is 6.13. The van der Waals surface area contributed by atoms with Crippen molar-refractivity contribution < 1.29 is 33.8 Å². The quantitative estimate of drug-likeness (QED) is 0.311. The van der Waals surface area contributed by atoms with Gasteiger partial charge in [0.2, 0.25) is 5.91 Å². The summed E-state index contributed by atoms with van der Waals surface area (Å²) in [5, 5.41) is 12.2. The van der Waals surface area contributed by atoms with Crippen molar-refractivity contribution in [2.75, 3.05) is 6.54 Å². The summed E-state index contributed by atoms with van der Waals surface area (Å²) in [6.07, 6.45) is -0.660. The number of benzene rings is 2. The van der Waals surface area contributed by atoms with Crippen molar-refractivity contribution in [3.8, 4) is 0 Å². The summed E-state index contributed by atoms with van der Waals surface area (Å²) in [7, 11) is 0. The molecule has 3 amide bonds. The molecule has 4 N–H and O–H groups in total. The summed E-state index contributed by atoms with van der Waals surface area (Å²) in [5.41, 5.74) is 6.98. The standard InChI is InChI=1S/C28H37N3O7/c1-3-20(2)24(26(33)34)30-25(32)23(16-10-11-17-29)31(27(35)37-18-21-12-6-4-7-13-21)28(36)38-19-22-14-8-5-9-15-22/h4-9,12-15,20,23-24H,3,10-11,16-19,29H2,1-2H3,(H,30,32)(H,33,34). The van der Waals surface area contributed by atoms with E-state index in [0.29, 0.717) is 41.8 Å². The van der Waals surface area contributed by atoms with Crippen LogP contribution in [0.1, 0.15) is 50.7 Å². The predicted octanol–water partition coefficient (Wildman–Crippen LogP) is 4.08. The van der Waals surface area contributed by atoms with Crippen molar-refractivity contribution in [2.45, 2.75) is 64.8 Å². The molecule has 10 heteroatoms. The number of carbonyl (C=O) groups excluding carboxylic acids is 3. The Kier molecular flexibility index (Phi) is 12.8. The topological polar surface area (TPSA) is 148 Å². The van der Waals surface area contributed by atoms with E-state index in [-0.39, 0.29) is 25.6 Å². The SMILES string of the molecule is CCC(C)C(NC(=O)C(CCCCN)N(C(=O)OCc1ccccc1)C(=O)OCc1ccccc1)C(=O)O. The highest BCUT2D eigenvalue weighted by Gasteiger charge is 2.39. The number of nitrogens with one attached hydrogen (secondary N) is 1. The van der Waals surface area contributed by atoms with E-state index in [1.54, 1.807) is 62.4 Å². The zero-order valence-corrected chi connectivity index (χ0v) is 21.9. The van der Waals surface area contributed by atoms with Gasteiger partial charge < -0.3 is 25.6 Å². The number of hydrogen-bond acceptors (Lipinski definition) is 7. The van der Waals surface area contributed by atoms with Crippen LogP contribution in [0.3, 0.4) is 0 Å². The first-order valence-corrected chi connectivity index (χ1v) is 12.7. The molecule has 0 radical (unpaired) electrons. The van der Waals surface area contributed by atoms with Gasteiger partial charge in [-0.05, 0) is 42.9 Å². The molecule has 2 rings (SSSR count). The number of ether oxygens (including phenoxy) is 2. The van der Waals surface area contributed by atoms with Crippen LogP contribution >= 0.6 is 0 Å². The average Bonchev–Trinajstić information content (AvgIpc) is 2.93. The molecule has 3 unspecified atom stereocenters. The highest BCUT2D eigenvalue weighted by atomic mass is 16.6. The van der Waals surface area contributed by atoms with Crippen LogP contribution < -0.4 is 11.1 Å². The number of imide groups is 1. The Morgan fingerprint density at radius 3 is 1.82 bits per heavy atom. The molecular formula is C28H37N3O7. The third-order valence-corrected chi connectivity index (χ3v) is 6.13. The zero-order valence-electron chi connectivity index (χ0n) is 21.9. The molecule has 0 aliphatic carbocycles. The molecule has 0 saturated carbocycles. The van der Waals surface area contributed by atoms with Gasteiger partial charge >= 0.3 is 18.2 Å². The van der Waals surface area contributed by atoms with Gasteiger partial charge in [0.25, 0.3) is 0 Å². The predicted molar refractivity (Wildman–Crippen MR) is 141 cm³/mol. The Balaban J connectivity index is 2.33. The molecule has 0 aliphatic rings. The molecule has 3 atom stereocenters. The van der Waals surface area contributed by atoms with Crippen LogP contribution in [-0.2, 0) is 32.3 Å². The number of nitrogens with two attached hydrogens (primary N) is 1. The van der Waals surface area contributed by atoms with Gasteiger partial charge in [-0.3, -0.25) is 4.79 Å². The number of rotatable bonds is 14. The van der Waals surface area contributed by atoms with Crippen molar-refractivity contribution in [1.29, 1.82) is 0 Å². The number of amides is 3. The summed E-state index contributed by atoms with van der Waals surface area (Å²) >= 11 is 0. The van der Waals surface area contributed by atoms with E-state index in [4.69, 9.17) is 15.2 Å². The molecule has 38 heavy (non-hydrogen) atoms. The van der Waals surface area contributed by atoms with E-state index >= 15 is 0 Å². The van der Waals surface area contributed by atoms with Gasteiger partial charge in [0.05, 0.1) is 0 Å². The van der Waals surface area contributed by atoms with Gasteiger partial charge in [0.15, 0.2) is 0 Å².